The van der Waals surface area contributed by atoms with Gasteiger partial charge in [0.2, 0.25) is 0 Å². The third-order valence-corrected chi connectivity index (χ3v) is 4.37. The van der Waals surface area contributed by atoms with Crippen molar-refractivity contribution in [2.45, 2.75) is 19.6 Å². The lowest BCUT2D eigenvalue weighted by Gasteiger charge is -2.16. The molecule has 146 valence electrons. The summed E-state index contributed by atoms with van der Waals surface area (Å²) in [6.45, 7) is 1.77. The van der Waals surface area contributed by atoms with Crippen LogP contribution in [0.4, 0.5) is 11.5 Å². The van der Waals surface area contributed by atoms with Crippen LogP contribution in [0.3, 0.4) is 0 Å². The number of benzene rings is 2. The number of rotatable bonds is 8. The Hall–Kier alpha value is -2.51. The van der Waals surface area contributed by atoms with Gasteiger partial charge in [-0.15, -0.1) is 0 Å². The summed E-state index contributed by atoms with van der Waals surface area (Å²) >= 11 is 5.97. The van der Waals surface area contributed by atoms with Crippen LogP contribution in [0.15, 0.2) is 54.6 Å². The standard InChI is InChI=1S/C21H22ClN3O3/c1-14-19(13-28-12-18(27)11-26)21(24-17-9-7-16(22)8-10-17)25-20(23-14)15-5-3-2-4-6-15/h2-10,18,26-27H,11-13H2,1H3,(H,23,24,25). The highest BCUT2D eigenvalue weighted by molar-refractivity contribution is 6.30. The van der Waals surface area contributed by atoms with Crippen molar-refractivity contribution in [3.63, 3.8) is 0 Å². The molecule has 2 aromatic carbocycles. The molecule has 0 amide bonds. The zero-order chi connectivity index (χ0) is 19.9. The lowest BCUT2D eigenvalue weighted by molar-refractivity contribution is -0.0000813. The van der Waals surface area contributed by atoms with Crippen LogP contribution >= 0.6 is 11.6 Å². The number of aromatic nitrogens is 2. The van der Waals surface area contributed by atoms with Gasteiger partial charge in [-0.3, -0.25) is 0 Å². The number of nitrogens with one attached hydrogen (secondary N) is 1. The molecule has 0 bridgehead atoms. The normalized spacial score (nSPS) is 12.0. The summed E-state index contributed by atoms with van der Waals surface area (Å²) < 4.78 is 5.55. The van der Waals surface area contributed by atoms with Gasteiger partial charge in [-0.2, -0.15) is 0 Å². The molecular weight excluding hydrogens is 378 g/mol. The highest BCUT2D eigenvalue weighted by Crippen LogP contribution is 2.26. The number of hydrogen-bond donors (Lipinski definition) is 3. The molecule has 3 aromatic rings. The van der Waals surface area contributed by atoms with Crippen molar-refractivity contribution in [3.05, 3.63) is 70.9 Å². The fourth-order valence-electron chi connectivity index (χ4n) is 2.61. The molecule has 1 heterocycles. The molecule has 7 heteroatoms. The summed E-state index contributed by atoms with van der Waals surface area (Å²) in [5, 5.41) is 22.4. The molecule has 0 fully saturated rings. The van der Waals surface area contributed by atoms with E-state index in [1.165, 1.54) is 0 Å². The van der Waals surface area contributed by atoms with E-state index in [-0.39, 0.29) is 19.8 Å². The highest BCUT2D eigenvalue weighted by Gasteiger charge is 2.14. The second-order valence-corrected chi connectivity index (χ2v) is 6.75. The van der Waals surface area contributed by atoms with Gasteiger partial charge < -0.3 is 20.3 Å². The van der Waals surface area contributed by atoms with Crippen LogP contribution in [-0.2, 0) is 11.3 Å². The van der Waals surface area contributed by atoms with Crippen LogP contribution in [0.1, 0.15) is 11.3 Å². The third-order valence-electron chi connectivity index (χ3n) is 4.12. The third kappa shape index (κ3) is 5.27. The van der Waals surface area contributed by atoms with Gasteiger partial charge in [0.15, 0.2) is 5.82 Å². The van der Waals surface area contributed by atoms with E-state index in [0.717, 1.165) is 22.5 Å². The molecule has 0 spiro atoms. The smallest absolute Gasteiger partial charge is 0.161 e. The number of ether oxygens (including phenoxy) is 1. The maximum Gasteiger partial charge on any atom is 0.161 e. The summed E-state index contributed by atoms with van der Waals surface area (Å²) in [5.74, 6) is 1.22. The van der Waals surface area contributed by atoms with Crippen LogP contribution in [0.2, 0.25) is 5.02 Å². The predicted molar refractivity (Wildman–Crippen MR) is 110 cm³/mol. The van der Waals surface area contributed by atoms with E-state index in [9.17, 15) is 5.11 Å². The Kier molecular flexibility index (Phi) is 6.95. The van der Waals surface area contributed by atoms with E-state index >= 15 is 0 Å². The van der Waals surface area contributed by atoms with Crippen LogP contribution in [0, 0.1) is 6.92 Å². The Morgan fingerprint density at radius 3 is 2.46 bits per heavy atom. The fraction of sp³-hybridized carbons (Fsp3) is 0.238. The monoisotopic (exact) mass is 399 g/mol. The number of anilines is 2. The van der Waals surface area contributed by atoms with Crippen molar-refractivity contribution in [2.75, 3.05) is 18.5 Å². The van der Waals surface area contributed by atoms with Gasteiger partial charge >= 0.3 is 0 Å². The lowest BCUT2D eigenvalue weighted by atomic mass is 10.1. The van der Waals surface area contributed by atoms with Gasteiger partial charge in [0.05, 0.1) is 19.8 Å². The molecule has 6 nitrogen and oxygen atoms in total. The van der Waals surface area contributed by atoms with Crippen molar-refractivity contribution in [2.24, 2.45) is 0 Å². The van der Waals surface area contributed by atoms with Crippen molar-refractivity contribution >= 4 is 23.1 Å². The van der Waals surface area contributed by atoms with Gasteiger partial charge in [0.1, 0.15) is 11.9 Å². The minimum Gasteiger partial charge on any atom is -0.394 e. The van der Waals surface area contributed by atoms with Crippen LogP contribution in [0.5, 0.6) is 0 Å². The molecule has 1 atom stereocenters. The van der Waals surface area contributed by atoms with E-state index in [0.29, 0.717) is 16.7 Å². The summed E-state index contributed by atoms with van der Waals surface area (Å²) in [5.41, 5.74) is 3.29. The molecule has 1 aromatic heterocycles. The largest absolute Gasteiger partial charge is 0.394 e. The molecule has 28 heavy (non-hydrogen) atoms. The van der Waals surface area contributed by atoms with Gasteiger partial charge in [-0.1, -0.05) is 41.9 Å². The SMILES string of the molecule is Cc1nc(-c2ccccc2)nc(Nc2ccc(Cl)cc2)c1COCC(O)CO. The zero-order valence-corrected chi connectivity index (χ0v) is 16.2. The first kappa shape index (κ1) is 20.2. The quantitative estimate of drug-likeness (QED) is 0.535. The summed E-state index contributed by atoms with van der Waals surface area (Å²) in [4.78, 5) is 9.31. The maximum absolute atomic E-state index is 9.49. The maximum atomic E-state index is 9.49. The first-order valence-electron chi connectivity index (χ1n) is 8.89. The lowest BCUT2D eigenvalue weighted by Crippen LogP contribution is -2.19. The van der Waals surface area contributed by atoms with Crippen molar-refractivity contribution in [1.82, 2.24) is 9.97 Å². The minimum atomic E-state index is -0.919. The van der Waals surface area contributed by atoms with E-state index in [1.807, 2.05) is 49.4 Å². The molecule has 1 unspecified atom stereocenters. The number of aliphatic hydroxyl groups excluding tert-OH is 2. The van der Waals surface area contributed by atoms with Crippen LogP contribution in [0.25, 0.3) is 11.4 Å². The fourth-order valence-corrected chi connectivity index (χ4v) is 2.73. The van der Waals surface area contributed by atoms with Crippen LogP contribution in [-0.4, -0.2) is 39.5 Å². The summed E-state index contributed by atoms with van der Waals surface area (Å²) in [6, 6.07) is 17.0. The topological polar surface area (TPSA) is 87.5 Å². The molecule has 0 aliphatic carbocycles. The van der Waals surface area contributed by atoms with E-state index < -0.39 is 6.10 Å². The van der Waals surface area contributed by atoms with E-state index in [1.54, 1.807) is 12.1 Å². The Labute approximate surface area is 168 Å². The molecule has 0 saturated carbocycles. The van der Waals surface area contributed by atoms with Crippen molar-refractivity contribution in [1.29, 1.82) is 0 Å². The molecular formula is C21H22ClN3O3. The van der Waals surface area contributed by atoms with Crippen molar-refractivity contribution < 1.29 is 14.9 Å². The number of aryl methyl sites for hydroxylation is 1. The molecule has 0 radical (unpaired) electrons. The molecule has 0 aliphatic rings. The zero-order valence-electron chi connectivity index (χ0n) is 15.5. The molecule has 3 N–H and O–H groups in total. The summed E-state index contributed by atoms with van der Waals surface area (Å²) in [6.07, 6.45) is -0.919. The van der Waals surface area contributed by atoms with Gasteiger partial charge in [-0.25, -0.2) is 9.97 Å². The van der Waals surface area contributed by atoms with Crippen molar-refractivity contribution in [3.8, 4) is 11.4 Å². The number of hydrogen-bond acceptors (Lipinski definition) is 6. The average Bonchev–Trinajstić information content (AvgIpc) is 2.71. The molecule has 0 aliphatic heterocycles. The number of aliphatic hydroxyl groups is 2. The second kappa shape index (κ2) is 9.61. The second-order valence-electron chi connectivity index (χ2n) is 6.31. The highest BCUT2D eigenvalue weighted by atomic mass is 35.5. The van der Waals surface area contributed by atoms with Gasteiger partial charge in [-0.05, 0) is 31.2 Å². The first-order chi connectivity index (χ1) is 13.6. The first-order valence-corrected chi connectivity index (χ1v) is 9.27. The number of halogens is 1. The van der Waals surface area contributed by atoms with E-state index in [4.69, 9.17) is 26.4 Å². The van der Waals surface area contributed by atoms with Gasteiger partial charge in [0.25, 0.3) is 0 Å². The minimum absolute atomic E-state index is 0.0246. The molecule has 3 rings (SSSR count). The number of nitrogens with zero attached hydrogens (tertiary/aromatic N) is 2. The van der Waals surface area contributed by atoms with E-state index in [2.05, 4.69) is 10.3 Å². The Balaban J connectivity index is 1.93. The Bertz CT molecular complexity index is 905. The average molecular weight is 400 g/mol. The summed E-state index contributed by atoms with van der Waals surface area (Å²) in [7, 11) is 0. The van der Waals surface area contributed by atoms with Gasteiger partial charge in [0, 0.05) is 27.5 Å². The Morgan fingerprint density at radius 2 is 1.79 bits per heavy atom. The predicted octanol–water partition coefficient (Wildman–Crippen LogP) is 3.72. The Morgan fingerprint density at radius 1 is 1.07 bits per heavy atom. The molecule has 0 saturated heterocycles. The van der Waals surface area contributed by atoms with Crippen LogP contribution < -0.4 is 5.32 Å².